The number of benzene rings is 2. The van der Waals surface area contributed by atoms with E-state index >= 15 is 0 Å². The van der Waals surface area contributed by atoms with Gasteiger partial charge in [-0.05, 0) is 75.2 Å². The van der Waals surface area contributed by atoms with E-state index in [9.17, 15) is 17.6 Å². The Bertz CT molecular complexity index is 1310. The quantitative estimate of drug-likeness (QED) is 0.422. The number of aromatic nitrogens is 1. The predicted octanol–water partition coefficient (Wildman–Crippen LogP) is 3.77. The molecule has 0 fully saturated rings. The van der Waals surface area contributed by atoms with Crippen molar-refractivity contribution in [2.75, 3.05) is 17.1 Å². The number of carbonyl (C=O) groups is 1. The van der Waals surface area contributed by atoms with Crippen LogP contribution in [0.1, 0.15) is 28.1 Å². The van der Waals surface area contributed by atoms with Crippen molar-refractivity contribution in [3.05, 3.63) is 82.4 Å². The lowest BCUT2D eigenvalue weighted by Gasteiger charge is -2.21. The van der Waals surface area contributed by atoms with E-state index in [1.54, 1.807) is 0 Å². The third-order valence-electron chi connectivity index (χ3n) is 5.11. The van der Waals surface area contributed by atoms with Gasteiger partial charge in [-0.1, -0.05) is 12.1 Å². The van der Waals surface area contributed by atoms with Gasteiger partial charge in [0.25, 0.3) is 5.91 Å². The Kier molecular flexibility index (Phi) is 7.02. The molecule has 0 aliphatic carbocycles. The fourth-order valence-electron chi connectivity index (χ4n) is 3.77. The van der Waals surface area contributed by atoms with Crippen LogP contribution in [-0.2, 0) is 14.8 Å². The predicted molar refractivity (Wildman–Crippen MR) is 129 cm³/mol. The van der Waals surface area contributed by atoms with Crippen molar-refractivity contribution in [3.8, 4) is 5.69 Å². The monoisotopic (exact) mass is 470 g/mol. The number of halogens is 1. The normalized spacial score (nSPS) is 11.7. The molecule has 9 heteroatoms. The number of sulfonamides is 1. The van der Waals surface area contributed by atoms with Crippen molar-refractivity contribution in [1.82, 2.24) is 9.99 Å². The molecule has 1 N–H and O–H groups in total. The number of amides is 1. The fourth-order valence-corrected chi connectivity index (χ4v) is 4.61. The highest BCUT2D eigenvalue weighted by molar-refractivity contribution is 7.92. The minimum Gasteiger partial charge on any atom is -0.318 e. The fraction of sp³-hybridized carbons (Fsp3) is 0.250. The van der Waals surface area contributed by atoms with E-state index in [1.165, 1.54) is 24.4 Å². The van der Waals surface area contributed by atoms with Crippen molar-refractivity contribution in [3.63, 3.8) is 0 Å². The molecule has 1 aromatic heterocycles. The van der Waals surface area contributed by atoms with Gasteiger partial charge in [-0.2, -0.15) is 5.10 Å². The Morgan fingerprint density at radius 2 is 1.76 bits per heavy atom. The lowest BCUT2D eigenvalue weighted by atomic mass is 10.1. The minimum atomic E-state index is -3.80. The van der Waals surface area contributed by atoms with Crippen molar-refractivity contribution < 1.29 is 17.6 Å². The average Bonchev–Trinajstić information content (AvgIpc) is 2.97. The minimum absolute atomic E-state index is 0.0635. The van der Waals surface area contributed by atoms with Crippen LogP contribution in [0.15, 0.2) is 53.6 Å². The average molecular weight is 471 g/mol. The van der Waals surface area contributed by atoms with Crippen LogP contribution in [0.2, 0.25) is 0 Å². The van der Waals surface area contributed by atoms with Crippen LogP contribution in [0.25, 0.3) is 5.69 Å². The van der Waals surface area contributed by atoms with Crippen molar-refractivity contribution in [2.24, 2.45) is 5.10 Å². The molecule has 33 heavy (non-hydrogen) atoms. The second kappa shape index (κ2) is 9.58. The number of carbonyl (C=O) groups excluding carboxylic acids is 1. The first-order valence-corrected chi connectivity index (χ1v) is 12.1. The third-order valence-corrected chi connectivity index (χ3v) is 6.25. The van der Waals surface area contributed by atoms with Gasteiger partial charge < -0.3 is 4.57 Å². The number of hydrogen-bond donors (Lipinski definition) is 1. The molecular weight excluding hydrogens is 443 g/mol. The Morgan fingerprint density at radius 3 is 2.36 bits per heavy atom. The van der Waals surface area contributed by atoms with E-state index < -0.39 is 28.3 Å². The van der Waals surface area contributed by atoms with E-state index in [4.69, 9.17) is 0 Å². The molecule has 0 aliphatic heterocycles. The first kappa shape index (κ1) is 24.2. The summed E-state index contributed by atoms with van der Waals surface area (Å²) in [5.41, 5.74) is 8.57. The summed E-state index contributed by atoms with van der Waals surface area (Å²) in [5.74, 6) is -1.25. The van der Waals surface area contributed by atoms with Gasteiger partial charge in [-0.15, -0.1) is 0 Å². The van der Waals surface area contributed by atoms with Crippen LogP contribution >= 0.6 is 0 Å². The summed E-state index contributed by atoms with van der Waals surface area (Å²) >= 11 is 0. The molecule has 1 amide bonds. The van der Waals surface area contributed by atoms with E-state index in [0.717, 1.165) is 50.4 Å². The van der Waals surface area contributed by atoms with Crippen LogP contribution < -0.4 is 9.73 Å². The Labute approximate surface area is 193 Å². The van der Waals surface area contributed by atoms with Gasteiger partial charge in [0.2, 0.25) is 10.0 Å². The molecule has 3 aromatic rings. The SMILES string of the molecule is Cc1cc(C)cc(-n2c(C)cc(/C=N\NC(=O)CN(c3cccc(F)c3)S(C)(=O)=O)c2C)c1. The molecule has 0 unspecified atom stereocenters. The Morgan fingerprint density at radius 1 is 1.09 bits per heavy atom. The maximum Gasteiger partial charge on any atom is 0.260 e. The number of hydrogen-bond acceptors (Lipinski definition) is 4. The van der Waals surface area contributed by atoms with Gasteiger partial charge in [0.05, 0.1) is 18.2 Å². The molecule has 3 rings (SSSR count). The number of rotatable bonds is 7. The highest BCUT2D eigenvalue weighted by atomic mass is 32.2. The van der Waals surface area contributed by atoms with Gasteiger partial charge in [0.15, 0.2) is 0 Å². The molecule has 0 saturated heterocycles. The van der Waals surface area contributed by atoms with E-state index in [-0.39, 0.29) is 5.69 Å². The Balaban J connectivity index is 1.76. The highest BCUT2D eigenvalue weighted by Gasteiger charge is 2.21. The zero-order valence-electron chi connectivity index (χ0n) is 19.3. The summed E-state index contributed by atoms with van der Waals surface area (Å²) in [5, 5.41) is 4.00. The Hall–Kier alpha value is -3.46. The van der Waals surface area contributed by atoms with Gasteiger partial charge in [0, 0.05) is 22.6 Å². The van der Waals surface area contributed by atoms with Gasteiger partial charge in [0.1, 0.15) is 12.4 Å². The molecule has 0 bridgehead atoms. The molecule has 7 nitrogen and oxygen atoms in total. The van der Waals surface area contributed by atoms with Crippen LogP contribution in [0.5, 0.6) is 0 Å². The van der Waals surface area contributed by atoms with E-state index in [0.29, 0.717) is 0 Å². The van der Waals surface area contributed by atoms with Crippen LogP contribution in [0, 0.1) is 33.5 Å². The van der Waals surface area contributed by atoms with Crippen LogP contribution in [0.3, 0.4) is 0 Å². The smallest absolute Gasteiger partial charge is 0.260 e. The molecule has 2 aromatic carbocycles. The zero-order valence-corrected chi connectivity index (χ0v) is 20.1. The van der Waals surface area contributed by atoms with Gasteiger partial charge in [-0.25, -0.2) is 18.2 Å². The molecule has 0 aliphatic rings. The molecule has 0 spiro atoms. The molecule has 174 valence electrons. The molecule has 0 saturated carbocycles. The molecule has 1 heterocycles. The number of nitrogens with one attached hydrogen (secondary N) is 1. The van der Waals surface area contributed by atoms with E-state index in [1.807, 2.05) is 33.8 Å². The first-order chi connectivity index (χ1) is 15.5. The summed E-state index contributed by atoms with van der Waals surface area (Å²) in [6, 6.07) is 13.3. The van der Waals surface area contributed by atoms with Gasteiger partial charge >= 0.3 is 0 Å². The van der Waals surface area contributed by atoms with Gasteiger partial charge in [-0.3, -0.25) is 9.10 Å². The first-order valence-electron chi connectivity index (χ1n) is 10.3. The summed E-state index contributed by atoms with van der Waals surface area (Å²) in [7, 11) is -3.80. The molecular formula is C24H27FN4O3S. The summed E-state index contributed by atoms with van der Waals surface area (Å²) in [4.78, 5) is 12.4. The highest BCUT2D eigenvalue weighted by Crippen LogP contribution is 2.22. The van der Waals surface area contributed by atoms with Crippen molar-refractivity contribution in [1.29, 1.82) is 0 Å². The molecule has 0 atom stereocenters. The lowest BCUT2D eigenvalue weighted by Crippen LogP contribution is -2.39. The summed E-state index contributed by atoms with van der Waals surface area (Å²) in [6.45, 7) is 7.52. The number of aryl methyl sites for hydroxylation is 3. The van der Waals surface area contributed by atoms with Crippen molar-refractivity contribution in [2.45, 2.75) is 27.7 Å². The standard InChI is InChI=1S/C24H27FN4O3S/c1-16-9-17(2)11-23(10-16)29-18(3)12-20(19(29)4)14-26-27-24(30)15-28(33(5,31)32)22-8-6-7-21(25)13-22/h6-14H,15H2,1-5H3,(H,27,30)/b26-14-. The lowest BCUT2D eigenvalue weighted by molar-refractivity contribution is -0.119. The maximum atomic E-state index is 13.5. The number of hydrazone groups is 1. The maximum absolute atomic E-state index is 13.5. The topological polar surface area (TPSA) is 83.8 Å². The number of anilines is 1. The summed E-state index contributed by atoms with van der Waals surface area (Å²) in [6.07, 6.45) is 2.47. The third kappa shape index (κ3) is 5.87. The van der Waals surface area contributed by atoms with Crippen molar-refractivity contribution >= 4 is 27.8 Å². The second-order valence-corrected chi connectivity index (χ2v) is 9.96. The van der Waals surface area contributed by atoms with Crippen LogP contribution in [-0.4, -0.2) is 37.9 Å². The second-order valence-electron chi connectivity index (χ2n) is 8.05. The number of nitrogens with zero attached hydrogens (tertiary/aromatic N) is 3. The van der Waals surface area contributed by atoms with E-state index in [2.05, 4.69) is 33.3 Å². The largest absolute Gasteiger partial charge is 0.318 e. The molecule has 0 radical (unpaired) electrons. The summed E-state index contributed by atoms with van der Waals surface area (Å²) < 4.78 is 40.7. The zero-order chi connectivity index (χ0) is 24.3. The van der Waals surface area contributed by atoms with Crippen LogP contribution in [0.4, 0.5) is 10.1 Å².